The minimum absolute atomic E-state index is 0.176. The minimum atomic E-state index is 0.176. The van der Waals surface area contributed by atoms with Gasteiger partial charge in [-0.05, 0) is 18.3 Å². The van der Waals surface area contributed by atoms with Gasteiger partial charge in [-0.3, -0.25) is 0 Å². The molecule has 0 aromatic carbocycles. The van der Waals surface area contributed by atoms with Crippen LogP contribution in [0, 0.1) is 5.41 Å². The van der Waals surface area contributed by atoms with Gasteiger partial charge >= 0.3 is 0 Å². The van der Waals surface area contributed by atoms with Crippen molar-refractivity contribution in [1.82, 2.24) is 0 Å². The third-order valence-corrected chi connectivity index (χ3v) is 2.37. The fourth-order valence-corrected chi connectivity index (χ4v) is 1.44. The summed E-state index contributed by atoms with van der Waals surface area (Å²) in [6.45, 7) is 7.40. The summed E-state index contributed by atoms with van der Waals surface area (Å²) in [5, 5.41) is 0. The number of ether oxygens (including phenoxy) is 1. The van der Waals surface area contributed by atoms with Crippen molar-refractivity contribution in [3.63, 3.8) is 0 Å². The van der Waals surface area contributed by atoms with Crippen molar-refractivity contribution < 1.29 is 4.74 Å². The van der Waals surface area contributed by atoms with Crippen LogP contribution in [-0.2, 0) is 4.74 Å². The van der Waals surface area contributed by atoms with Gasteiger partial charge in [-0.1, -0.05) is 20.8 Å². The lowest BCUT2D eigenvalue weighted by atomic mass is 9.83. The zero-order valence-corrected chi connectivity index (χ0v) is 7.76. The van der Waals surface area contributed by atoms with Gasteiger partial charge in [-0.15, -0.1) is 0 Å². The second-order valence-corrected chi connectivity index (χ2v) is 4.44. The van der Waals surface area contributed by atoms with E-state index in [4.69, 9.17) is 10.5 Å². The predicted molar refractivity (Wildman–Crippen MR) is 46.4 cm³/mol. The summed E-state index contributed by atoms with van der Waals surface area (Å²) in [5.74, 6) is 0. The molecule has 1 aliphatic rings. The molecule has 0 saturated carbocycles. The second-order valence-electron chi connectivity index (χ2n) is 4.44. The molecule has 0 spiro atoms. The average Bonchev–Trinajstić information content (AvgIpc) is 2.34. The molecule has 2 atom stereocenters. The first-order valence-corrected chi connectivity index (χ1v) is 4.39. The Kier molecular flexibility index (Phi) is 2.55. The van der Waals surface area contributed by atoms with E-state index >= 15 is 0 Å². The summed E-state index contributed by atoms with van der Waals surface area (Å²) >= 11 is 0. The van der Waals surface area contributed by atoms with Gasteiger partial charge in [0.2, 0.25) is 0 Å². The first kappa shape index (κ1) is 9.01. The van der Waals surface area contributed by atoms with Gasteiger partial charge < -0.3 is 10.5 Å². The van der Waals surface area contributed by atoms with E-state index in [-0.39, 0.29) is 11.5 Å². The van der Waals surface area contributed by atoms with Crippen molar-refractivity contribution in [3.05, 3.63) is 0 Å². The Balaban J connectivity index is 2.46. The third kappa shape index (κ3) is 2.17. The maximum absolute atomic E-state index is 6.03. The molecule has 0 radical (unpaired) electrons. The molecule has 1 saturated heterocycles. The van der Waals surface area contributed by atoms with E-state index in [0.717, 1.165) is 13.0 Å². The average molecular weight is 157 g/mol. The summed E-state index contributed by atoms with van der Waals surface area (Å²) in [6, 6.07) is 0.185. The molecule has 2 unspecified atom stereocenters. The number of rotatable bonds is 1. The normalized spacial score (nSPS) is 28.9. The Labute approximate surface area is 69.1 Å². The van der Waals surface area contributed by atoms with Crippen LogP contribution in [0.5, 0.6) is 0 Å². The van der Waals surface area contributed by atoms with Crippen LogP contribution < -0.4 is 5.73 Å². The number of nitrogens with two attached hydrogens (primary N) is 1. The van der Waals surface area contributed by atoms with Gasteiger partial charge in [0.25, 0.3) is 0 Å². The van der Waals surface area contributed by atoms with Gasteiger partial charge in [0.15, 0.2) is 0 Å². The molecule has 0 amide bonds. The van der Waals surface area contributed by atoms with E-state index in [0.29, 0.717) is 6.10 Å². The van der Waals surface area contributed by atoms with Crippen LogP contribution in [-0.4, -0.2) is 18.8 Å². The zero-order chi connectivity index (χ0) is 8.48. The van der Waals surface area contributed by atoms with Crippen LogP contribution in [0.4, 0.5) is 0 Å². The monoisotopic (exact) mass is 157 g/mol. The first-order chi connectivity index (χ1) is 5.02. The van der Waals surface area contributed by atoms with Gasteiger partial charge in [-0.2, -0.15) is 0 Å². The van der Waals surface area contributed by atoms with Crippen molar-refractivity contribution >= 4 is 0 Å². The molecule has 0 aromatic heterocycles. The molecule has 0 bridgehead atoms. The van der Waals surface area contributed by atoms with Crippen LogP contribution in [0.1, 0.15) is 33.6 Å². The van der Waals surface area contributed by atoms with Crippen molar-refractivity contribution in [1.29, 1.82) is 0 Å². The highest BCUT2D eigenvalue weighted by Gasteiger charge is 2.31. The molecule has 2 nitrogen and oxygen atoms in total. The molecule has 1 rings (SSSR count). The molecule has 1 aliphatic heterocycles. The molecule has 11 heavy (non-hydrogen) atoms. The summed E-state index contributed by atoms with van der Waals surface area (Å²) in [4.78, 5) is 0. The Bertz CT molecular complexity index is 122. The molecular weight excluding hydrogens is 138 g/mol. The van der Waals surface area contributed by atoms with Gasteiger partial charge in [0.1, 0.15) is 0 Å². The first-order valence-electron chi connectivity index (χ1n) is 4.39. The molecule has 66 valence electrons. The van der Waals surface area contributed by atoms with Crippen molar-refractivity contribution in [3.8, 4) is 0 Å². The highest BCUT2D eigenvalue weighted by molar-refractivity contribution is 4.86. The SMILES string of the molecule is CC(C)(C)C(N)C1CCCO1. The van der Waals surface area contributed by atoms with E-state index in [9.17, 15) is 0 Å². The van der Waals surface area contributed by atoms with Gasteiger partial charge in [0.05, 0.1) is 6.10 Å². The maximum atomic E-state index is 6.03. The Morgan fingerprint density at radius 2 is 2.09 bits per heavy atom. The number of hydrogen-bond donors (Lipinski definition) is 1. The minimum Gasteiger partial charge on any atom is -0.377 e. The largest absolute Gasteiger partial charge is 0.377 e. The standard InChI is InChI=1S/C9H19NO/c1-9(2,3)8(10)7-5-4-6-11-7/h7-8H,4-6,10H2,1-3H3. The van der Waals surface area contributed by atoms with Crippen molar-refractivity contribution in [2.45, 2.75) is 45.8 Å². The van der Waals surface area contributed by atoms with Crippen LogP contribution in [0.3, 0.4) is 0 Å². The molecule has 2 heteroatoms. The Morgan fingerprint density at radius 1 is 1.45 bits per heavy atom. The van der Waals surface area contributed by atoms with E-state index < -0.39 is 0 Å². The fourth-order valence-electron chi connectivity index (χ4n) is 1.44. The lowest BCUT2D eigenvalue weighted by Gasteiger charge is -2.31. The highest BCUT2D eigenvalue weighted by atomic mass is 16.5. The predicted octanol–water partition coefficient (Wildman–Crippen LogP) is 1.54. The fraction of sp³-hybridized carbons (Fsp3) is 1.00. The van der Waals surface area contributed by atoms with Gasteiger partial charge in [0, 0.05) is 12.6 Å². The molecule has 1 fully saturated rings. The third-order valence-electron chi connectivity index (χ3n) is 2.37. The quantitative estimate of drug-likeness (QED) is 0.626. The van der Waals surface area contributed by atoms with E-state index in [2.05, 4.69) is 20.8 Å². The van der Waals surface area contributed by atoms with E-state index in [1.54, 1.807) is 0 Å². The van der Waals surface area contributed by atoms with Crippen LogP contribution in [0.2, 0.25) is 0 Å². The Morgan fingerprint density at radius 3 is 2.45 bits per heavy atom. The van der Waals surface area contributed by atoms with Gasteiger partial charge in [-0.25, -0.2) is 0 Å². The van der Waals surface area contributed by atoms with E-state index in [1.807, 2.05) is 0 Å². The zero-order valence-electron chi connectivity index (χ0n) is 7.76. The summed E-state index contributed by atoms with van der Waals surface area (Å²) in [6.07, 6.45) is 2.61. The molecule has 2 N–H and O–H groups in total. The number of hydrogen-bond acceptors (Lipinski definition) is 2. The van der Waals surface area contributed by atoms with Crippen molar-refractivity contribution in [2.75, 3.05) is 6.61 Å². The lowest BCUT2D eigenvalue weighted by Crippen LogP contribution is -2.44. The molecule has 1 heterocycles. The van der Waals surface area contributed by atoms with E-state index in [1.165, 1.54) is 6.42 Å². The van der Waals surface area contributed by atoms with Crippen molar-refractivity contribution in [2.24, 2.45) is 11.1 Å². The molecule has 0 aliphatic carbocycles. The molecule has 0 aromatic rings. The summed E-state index contributed by atoms with van der Waals surface area (Å²) in [7, 11) is 0. The van der Waals surface area contributed by atoms with Crippen LogP contribution in [0.15, 0.2) is 0 Å². The smallest absolute Gasteiger partial charge is 0.0731 e. The topological polar surface area (TPSA) is 35.2 Å². The summed E-state index contributed by atoms with van der Waals surface area (Å²) in [5.41, 5.74) is 6.21. The lowest BCUT2D eigenvalue weighted by molar-refractivity contribution is 0.0554. The second kappa shape index (κ2) is 3.11. The van der Waals surface area contributed by atoms with Crippen LogP contribution >= 0.6 is 0 Å². The maximum Gasteiger partial charge on any atom is 0.0731 e. The Hall–Kier alpha value is -0.0800. The highest BCUT2D eigenvalue weighted by Crippen LogP contribution is 2.26. The molecular formula is C9H19NO. The van der Waals surface area contributed by atoms with Crippen LogP contribution in [0.25, 0.3) is 0 Å². The summed E-state index contributed by atoms with van der Waals surface area (Å²) < 4.78 is 5.52.